The predicted octanol–water partition coefficient (Wildman–Crippen LogP) is 1.83. The van der Waals surface area contributed by atoms with Crippen LogP contribution in [0.2, 0.25) is 0 Å². The Balaban J connectivity index is 2.28. The highest BCUT2D eigenvalue weighted by Gasteiger charge is 2.19. The molecule has 0 atom stereocenters. The normalized spacial score (nSPS) is 17.7. The largest absolute Gasteiger partial charge is 0.401 e. The smallest absolute Gasteiger partial charge is 0.0578 e. The third kappa shape index (κ3) is 0.970. The van der Waals surface area contributed by atoms with E-state index in [2.05, 4.69) is 41.3 Å². The number of nitrogens with zero attached hydrogens (tertiary/aromatic N) is 1. The van der Waals surface area contributed by atoms with E-state index in [1.54, 1.807) is 0 Å². The monoisotopic (exact) mass is 184 g/mol. The van der Waals surface area contributed by atoms with Crippen molar-refractivity contribution in [2.75, 3.05) is 18.0 Å². The summed E-state index contributed by atoms with van der Waals surface area (Å²) in [5.41, 5.74) is 10.7. The minimum Gasteiger partial charge on any atom is -0.401 e. The molecule has 2 N–H and O–H groups in total. The Hall–Kier alpha value is -1.70. The second kappa shape index (κ2) is 2.64. The molecule has 0 unspecified atom stereocenters. The molecule has 0 saturated carbocycles. The number of rotatable bonds is 0. The van der Waals surface area contributed by atoms with Crippen LogP contribution in [0.3, 0.4) is 0 Å². The lowest BCUT2D eigenvalue weighted by Gasteiger charge is -2.33. The van der Waals surface area contributed by atoms with Gasteiger partial charge < -0.3 is 10.6 Å². The molecular formula is C12H12N2. The van der Waals surface area contributed by atoms with E-state index in [0.29, 0.717) is 0 Å². The van der Waals surface area contributed by atoms with Crippen LogP contribution in [-0.2, 0) is 0 Å². The lowest BCUT2D eigenvalue weighted by Crippen LogP contribution is -2.33. The summed E-state index contributed by atoms with van der Waals surface area (Å²) >= 11 is 0. The summed E-state index contributed by atoms with van der Waals surface area (Å²) < 4.78 is 0. The summed E-state index contributed by atoms with van der Waals surface area (Å²) in [6.45, 7) is 1.83. The molecule has 0 amide bonds. The quantitative estimate of drug-likeness (QED) is 0.666. The van der Waals surface area contributed by atoms with Gasteiger partial charge in [0.15, 0.2) is 0 Å². The zero-order valence-electron chi connectivity index (χ0n) is 7.90. The molecule has 1 aromatic carbocycles. The van der Waals surface area contributed by atoms with E-state index < -0.39 is 0 Å². The van der Waals surface area contributed by atoms with Crippen LogP contribution >= 0.6 is 0 Å². The maximum Gasteiger partial charge on any atom is 0.0578 e. The molecule has 70 valence electrons. The fourth-order valence-corrected chi connectivity index (χ4v) is 2.20. The van der Waals surface area contributed by atoms with Gasteiger partial charge in [0.1, 0.15) is 0 Å². The summed E-state index contributed by atoms with van der Waals surface area (Å²) in [6.07, 6.45) is 6.45. The first-order valence-corrected chi connectivity index (χ1v) is 4.85. The molecule has 2 heteroatoms. The summed E-state index contributed by atoms with van der Waals surface area (Å²) in [6, 6.07) is 6.35. The molecule has 1 aromatic rings. The fraction of sp³-hybridized carbons (Fsp3) is 0.167. The van der Waals surface area contributed by atoms with Crippen LogP contribution in [0, 0.1) is 0 Å². The molecule has 2 heterocycles. The first kappa shape index (κ1) is 7.68. The van der Waals surface area contributed by atoms with Crippen molar-refractivity contribution < 1.29 is 0 Å². The van der Waals surface area contributed by atoms with Gasteiger partial charge in [-0.1, -0.05) is 30.4 Å². The lowest BCUT2D eigenvalue weighted by atomic mass is 9.98. The van der Waals surface area contributed by atoms with Gasteiger partial charge in [0, 0.05) is 17.8 Å². The zero-order chi connectivity index (χ0) is 9.54. The molecule has 3 rings (SSSR count). The van der Waals surface area contributed by atoms with Crippen LogP contribution in [0.25, 0.3) is 12.2 Å². The minimum absolute atomic E-state index is 0.856. The van der Waals surface area contributed by atoms with Crippen molar-refractivity contribution >= 4 is 17.8 Å². The maximum absolute atomic E-state index is 5.89. The maximum atomic E-state index is 5.89. The van der Waals surface area contributed by atoms with E-state index in [1.165, 1.54) is 16.8 Å². The Kier molecular flexibility index (Phi) is 1.45. The second-order valence-electron chi connectivity index (χ2n) is 3.79. The van der Waals surface area contributed by atoms with Crippen molar-refractivity contribution in [2.45, 2.75) is 0 Å². The molecule has 0 aliphatic carbocycles. The summed E-state index contributed by atoms with van der Waals surface area (Å²) in [5.74, 6) is 0. The molecule has 0 fully saturated rings. The van der Waals surface area contributed by atoms with E-state index in [9.17, 15) is 0 Å². The van der Waals surface area contributed by atoms with E-state index in [0.717, 1.165) is 18.8 Å². The van der Waals surface area contributed by atoms with Crippen molar-refractivity contribution in [3.05, 3.63) is 41.1 Å². The first-order valence-electron chi connectivity index (χ1n) is 4.85. The summed E-state index contributed by atoms with van der Waals surface area (Å²) in [4.78, 5) is 2.32. The molecule has 0 saturated heterocycles. The molecule has 0 spiro atoms. The van der Waals surface area contributed by atoms with Crippen molar-refractivity contribution in [2.24, 2.45) is 5.73 Å². The average Bonchev–Trinajstić information content (AvgIpc) is 2.18. The van der Waals surface area contributed by atoms with Crippen LogP contribution in [0.15, 0.2) is 30.0 Å². The number of hydrogen-bond acceptors (Lipinski definition) is 2. The SMILES string of the molecule is NC1=Cc2cccc3c2N(CC=C3)C1. The summed E-state index contributed by atoms with van der Waals surface area (Å²) in [7, 11) is 0. The van der Waals surface area contributed by atoms with Gasteiger partial charge in [-0.05, 0) is 11.6 Å². The van der Waals surface area contributed by atoms with Crippen LogP contribution in [0.5, 0.6) is 0 Å². The van der Waals surface area contributed by atoms with Gasteiger partial charge >= 0.3 is 0 Å². The van der Waals surface area contributed by atoms with Crippen LogP contribution in [0.4, 0.5) is 5.69 Å². The molecule has 0 bridgehead atoms. The lowest BCUT2D eigenvalue weighted by molar-refractivity contribution is 0.895. The number of nitrogens with two attached hydrogens (primary N) is 1. The van der Waals surface area contributed by atoms with Crippen LogP contribution < -0.4 is 10.6 Å². The Morgan fingerprint density at radius 1 is 1.21 bits per heavy atom. The fourth-order valence-electron chi connectivity index (χ4n) is 2.20. The van der Waals surface area contributed by atoms with Gasteiger partial charge in [-0.15, -0.1) is 0 Å². The highest BCUT2D eigenvalue weighted by molar-refractivity contribution is 5.83. The summed E-state index contributed by atoms with van der Waals surface area (Å²) in [5, 5.41) is 0. The minimum atomic E-state index is 0.856. The Morgan fingerprint density at radius 2 is 2.07 bits per heavy atom. The van der Waals surface area contributed by atoms with Gasteiger partial charge in [-0.2, -0.15) is 0 Å². The molecule has 0 aromatic heterocycles. The molecule has 2 aliphatic heterocycles. The van der Waals surface area contributed by atoms with E-state index in [1.807, 2.05) is 0 Å². The van der Waals surface area contributed by atoms with Gasteiger partial charge in [0.05, 0.1) is 12.2 Å². The van der Waals surface area contributed by atoms with Crippen molar-refractivity contribution in [1.82, 2.24) is 0 Å². The Bertz CT molecular complexity index is 444. The first-order chi connectivity index (χ1) is 6.84. The molecule has 0 radical (unpaired) electrons. The molecule has 2 aliphatic rings. The Morgan fingerprint density at radius 3 is 3.00 bits per heavy atom. The number of anilines is 1. The van der Waals surface area contributed by atoms with Gasteiger partial charge in [0.2, 0.25) is 0 Å². The Labute approximate surface area is 83.3 Å². The number of hydrogen-bond donors (Lipinski definition) is 1. The van der Waals surface area contributed by atoms with Crippen molar-refractivity contribution in [3.8, 4) is 0 Å². The van der Waals surface area contributed by atoms with Crippen molar-refractivity contribution in [3.63, 3.8) is 0 Å². The molecule has 2 nitrogen and oxygen atoms in total. The average molecular weight is 184 g/mol. The van der Waals surface area contributed by atoms with Gasteiger partial charge in [-0.25, -0.2) is 0 Å². The standard InChI is InChI=1S/C12H12N2/c13-11-7-10-4-1-3-9-5-2-6-14(8-11)12(9)10/h1-5,7H,6,8,13H2. The molecule has 14 heavy (non-hydrogen) atoms. The van der Waals surface area contributed by atoms with Gasteiger partial charge in [-0.3, -0.25) is 0 Å². The van der Waals surface area contributed by atoms with E-state index in [-0.39, 0.29) is 0 Å². The van der Waals surface area contributed by atoms with Gasteiger partial charge in [0.25, 0.3) is 0 Å². The third-order valence-electron chi connectivity index (χ3n) is 2.75. The topological polar surface area (TPSA) is 29.3 Å². The van der Waals surface area contributed by atoms with E-state index in [4.69, 9.17) is 5.73 Å². The van der Waals surface area contributed by atoms with Crippen LogP contribution in [0.1, 0.15) is 11.1 Å². The zero-order valence-corrected chi connectivity index (χ0v) is 7.90. The van der Waals surface area contributed by atoms with Crippen LogP contribution in [-0.4, -0.2) is 13.1 Å². The number of para-hydroxylation sites is 1. The highest BCUT2D eigenvalue weighted by atomic mass is 15.1. The number of benzene rings is 1. The van der Waals surface area contributed by atoms with Crippen molar-refractivity contribution in [1.29, 1.82) is 0 Å². The second-order valence-corrected chi connectivity index (χ2v) is 3.79. The third-order valence-corrected chi connectivity index (χ3v) is 2.75. The van der Waals surface area contributed by atoms with E-state index >= 15 is 0 Å². The predicted molar refractivity (Wildman–Crippen MR) is 59.9 cm³/mol. The highest BCUT2D eigenvalue weighted by Crippen LogP contribution is 2.33. The molecular weight excluding hydrogens is 172 g/mol.